The van der Waals surface area contributed by atoms with Gasteiger partial charge in [0.05, 0.1) is 25.0 Å². The van der Waals surface area contributed by atoms with Gasteiger partial charge >= 0.3 is 5.97 Å². The van der Waals surface area contributed by atoms with Crippen molar-refractivity contribution in [3.05, 3.63) is 29.6 Å². The van der Waals surface area contributed by atoms with Crippen LogP contribution < -0.4 is 0 Å². The van der Waals surface area contributed by atoms with Crippen molar-refractivity contribution in [3.63, 3.8) is 0 Å². The van der Waals surface area contributed by atoms with Crippen LogP contribution in [0, 0.1) is 5.92 Å². The van der Waals surface area contributed by atoms with Crippen molar-refractivity contribution in [2.24, 2.45) is 5.92 Å². The molecule has 0 saturated carbocycles. The second kappa shape index (κ2) is 6.23. The van der Waals surface area contributed by atoms with Gasteiger partial charge in [0.1, 0.15) is 0 Å². The van der Waals surface area contributed by atoms with Gasteiger partial charge in [0.25, 0.3) is 0 Å². The summed E-state index contributed by atoms with van der Waals surface area (Å²) in [5.74, 6) is 0.136. The van der Waals surface area contributed by atoms with E-state index < -0.39 is 0 Å². The Hall–Kier alpha value is -1.42. The Morgan fingerprint density at radius 2 is 2.19 bits per heavy atom. The first-order valence-corrected chi connectivity index (χ1v) is 5.24. The molecular weight excluding hydrogens is 206 g/mol. The first-order valence-electron chi connectivity index (χ1n) is 5.24. The van der Waals surface area contributed by atoms with Crippen molar-refractivity contribution in [1.82, 2.24) is 4.98 Å². The smallest absolute Gasteiger partial charge is 0.339 e. The Balaban J connectivity index is 2.48. The lowest BCUT2D eigenvalue weighted by Crippen LogP contribution is -2.05. The third-order valence-electron chi connectivity index (χ3n) is 1.95. The summed E-state index contributed by atoms with van der Waals surface area (Å²) in [6.45, 7) is 5.36. The largest absolute Gasteiger partial charge is 0.465 e. The zero-order valence-corrected chi connectivity index (χ0v) is 9.90. The fourth-order valence-electron chi connectivity index (χ4n) is 1.15. The van der Waals surface area contributed by atoms with Crippen LogP contribution in [0.1, 0.15) is 29.9 Å². The van der Waals surface area contributed by atoms with E-state index in [0.29, 0.717) is 24.7 Å². The molecule has 1 aromatic rings. The number of hydrogen-bond acceptors (Lipinski definition) is 4. The van der Waals surface area contributed by atoms with Crippen LogP contribution in [0.25, 0.3) is 0 Å². The van der Waals surface area contributed by atoms with E-state index in [1.165, 1.54) is 13.3 Å². The molecule has 0 unspecified atom stereocenters. The van der Waals surface area contributed by atoms with Gasteiger partial charge in [0.2, 0.25) is 0 Å². The molecule has 16 heavy (non-hydrogen) atoms. The van der Waals surface area contributed by atoms with Crippen molar-refractivity contribution in [1.29, 1.82) is 0 Å². The van der Waals surface area contributed by atoms with E-state index in [0.717, 1.165) is 5.69 Å². The van der Waals surface area contributed by atoms with Gasteiger partial charge in [0, 0.05) is 12.8 Å². The molecule has 1 heterocycles. The lowest BCUT2D eigenvalue weighted by molar-refractivity contribution is 0.0599. The Kier molecular flexibility index (Phi) is 4.92. The topological polar surface area (TPSA) is 48.4 Å². The molecule has 0 aliphatic heterocycles. The Labute approximate surface area is 95.6 Å². The summed E-state index contributed by atoms with van der Waals surface area (Å²) in [6, 6.07) is 3.46. The number of pyridine rings is 1. The molecule has 1 rings (SSSR count). The number of carbonyl (C=O) groups is 1. The van der Waals surface area contributed by atoms with Gasteiger partial charge in [-0.25, -0.2) is 4.79 Å². The van der Waals surface area contributed by atoms with Crippen LogP contribution in [0.5, 0.6) is 0 Å². The van der Waals surface area contributed by atoms with Crippen LogP contribution in [0.4, 0.5) is 0 Å². The van der Waals surface area contributed by atoms with E-state index in [1.54, 1.807) is 12.1 Å². The molecule has 0 aliphatic rings. The molecule has 0 bridgehead atoms. The van der Waals surface area contributed by atoms with E-state index in [4.69, 9.17) is 4.74 Å². The maximum absolute atomic E-state index is 11.1. The van der Waals surface area contributed by atoms with Gasteiger partial charge in [-0.05, 0) is 18.1 Å². The molecule has 0 N–H and O–H groups in total. The maximum atomic E-state index is 11.1. The van der Waals surface area contributed by atoms with Crippen LogP contribution in [0.15, 0.2) is 18.3 Å². The molecule has 0 spiro atoms. The molecule has 0 atom stereocenters. The Bertz CT molecular complexity index is 333. The summed E-state index contributed by atoms with van der Waals surface area (Å²) in [4.78, 5) is 15.3. The molecule has 88 valence electrons. The predicted octanol–water partition coefficient (Wildman–Crippen LogP) is 2.04. The van der Waals surface area contributed by atoms with Crippen LogP contribution in [-0.2, 0) is 16.1 Å². The van der Waals surface area contributed by atoms with Gasteiger partial charge in [-0.15, -0.1) is 0 Å². The monoisotopic (exact) mass is 223 g/mol. The van der Waals surface area contributed by atoms with E-state index in [1.807, 2.05) is 0 Å². The van der Waals surface area contributed by atoms with Crippen molar-refractivity contribution in [3.8, 4) is 0 Å². The van der Waals surface area contributed by atoms with E-state index in [2.05, 4.69) is 23.6 Å². The molecule has 0 amide bonds. The Morgan fingerprint density at radius 1 is 1.44 bits per heavy atom. The van der Waals surface area contributed by atoms with Crippen LogP contribution in [0.2, 0.25) is 0 Å². The normalized spacial score (nSPS) is 10.5. The fraction of sp³-hybridized carbons (Fsp3) is 0.500. The minimum atomic E-state index is -0.373. The highest BCUT2D eigenvalue weighted by atomic mass is 16.5. The average Bonchev–Trinajstić information content (AvgIpc) is 2.28. The van der Waals surface area contributed by atoms with Gasteiger partial charge in [-0.1, -0.05) is 13.8 Å². The summed E-state index contributed by atoms with van der Waals surface area (Å²) >= 11 is 0. The van der Waals surface area contributed by atoms with Gasteiger partial charge in [0.15, 0.2) is 0 Å². The summed E-state index contributed by atoms with van der Waals surface area (Å²) in [7, 11) is 1.35. The lowest BCUT2D eigenvalue weighted by Gasteiger charge is -2.06. The van der Waals surface area contributed by atoms with Crippen LogP contribution in [-0.4, -0.2) is 24.7 Å². The SMILES string of the molecule is COC(=O)c1ccc(COCC(C)C)nc1. The second-order valence-corrected chi connectivity index (χ2v) is 3.94. The predicted molar refractivity (Wildman–Crippen MR) is 60.1 cm³/mol. The minimum absolute atomic E-state index is 0.373. The molecule has 4 nitrogen and oxygen atoms in total. The number of aromatic nitrogens is 1. The maximum Gasteiger partial charge on any atom is 0.339 e. The van der Waals surface area contributed by atoms with E-state index >= 15 is 0 Å². The number of carbonyl (C=O) groups excluding carboxylic acids is 1. The summed E-state index contributed by atoms with van der Waals surface area (Å²) in [5.41, 5.74) is 1.27. The second-order valence-electron chi connectivity index (χ2n) is 3.94. The summed E-state index contributed by atoms with van der Waals surface area (Å²) < 4.78 is 10.0. The molecule has 0 aromatic carbocycles. The lowest BCUT2D eigenvalue weighted by atomic mass is 10.2. The molecular formula is C12H17NO3. The number of rotatable bonds is 5. The van der Waals surface area contributed by atoms with Crippen LogP contribution >= 0.6 is 0 Å². The zero-order valence-electron chi connectivity index (χ0n) is 9.90. The van der Waals surface area contributed by atoms with E-state index in [-0.39, 0.29) is 5.97 Å². The number of ether oxygens (including phenoxy) is 2. The quantitative estimate of drug-likeness (QED) is 0.717. The Morgan fingerprint density at radius 3 is 2.69 bits per heavy atom. The molecule has 0 saturated heterocycles. The number of hydrogen-bond donors (Lipinski definition) is 0. The number of methoxy groups -OCH3 is 1. The minimum Gasteiger partial charge on any atom is -0.465 e. The summed E-state index contributed by atoms with van der Waals surface area (Å²) in [5, 5.41) is 0. The van der Waals surface area contributed by atoms with Gasteiger partial charge in [-0.3, -0.25) is 4.98 Å². The molecule has 0 fully saturated rings. The fourth-order valence-corrected chi connectivity index (χ4v) is 1.15. The highest BCUT2D eigenvalue weighted by molar-refractivity contribution is 5.88. The van der Waals surface area contributed by atoms with E-state index in [9.17, 15) is 4.79 Å². The third kappa shape index (κ3) is 3.98. The highest BCUT2D eigenvalue weighted by Crippen LogP contribution is 2.04. The highest BCUT2D eigenvalue weighted by Gasteiger charge is 2.05. The third-order valence-corrected chi connectivity index (χ3v) is 1.95. The van der Waals surface area contributed by atoms with Gasteiger partial charge < -0.3 is 9.47 Å². The molecule has 4 heteroatoms. The van der Waals surface area contributed by atoms with Crippen molar-refractivity contribution >= 4 is 5.97 Å². The zero-order chi connectivity index (χ0) is 12.0. The average molecular weight is 223 g/mol. The first kappa shape index (κ1) is 12.6. The van der Waals surface area contributed by atoms with Crippen LogP contribution in [0.3, 0.4) is 0 Å². The van der Waals surface area contributed by atoms with Crippen molar-refractivity contribution in [2.75, 3.05) is 13.7 Å². The number of nitrogens with zero attached hydrogens (tertiary/aromatic N) is 1. The van der Waals surface area contributed by atoms with Crippen molar-refractivity contribution < 1.29 is 14.3 Å². The molecule has 0 radical (unpaired) electrons. The van der Waals surface area contributed by atoms with Crippen molar-refractivity contribution in [2.45, 2.75) is 20.5 Å². The standard InChI is InChI=1S/C12H17NO3/c1-9(2)7-16-8-11-5-4-10(6-13-11)12(14)15-3/h4-6,9H,7-8H2,1-3H3. The summed E-state index contributed by atoms with van der Waals surface area (Å²) in [6.07, 6.45) is 1.50. The number of esters is 1. The first-order chi connectivity index (χ1) is 7.63. The molecule has 1 aromatic heterocycles. The molecule has 0 aliphatic carbocycles. The van der Waals surface area contributed by atoms with Gasteiger partial charge in [-0.2, -0.15) is 0 Å².